The lowest BCUT2D eigenvalue weighted by Gasteiger charge is -2.17. The topological polar surface area (TPSA) is 89.2 Å². The number of aromatic nitrogens is 5. The van der Waals surface area contributed by atoms with Crippen LogP contribution in [-0.2, 0) is 0 Å². The smallest absolute Gasteiger partial charge is 0.318 e. The van der Waals surface area contributed by atoms with Gasteiger partial charge in [0.2, 0.25) is 0 Å². The number of aliphatic hydroxyl groups excluding tert-OH is 1. The molecule has 0 bridgehead atoms. The first-order chi connectivity index (χ1) is 9.67. The van der Waals surface area contributed by atoms with Gasteiger partial charge in [-0.1, -0.05) is 5.21 Å². The molecule has 2 aromatic heterocycles. The van der Waals surface area contributed by atoms with Crippen molar-refractivity contribution in [2.75, 3.05) is 25.1 Å². The number of aliphatic hydroxyl groups is 1. The molecule has 0 spiro atoms. The van der Waals surface area contributed by atoms with Gasteiger partial charge in [-0.15, -0.1) is 5.10 Å². The lowest BCUT2D eigenvalue weighted by atomic mass is 10.2. The van der Waals surface area contributed by atoms with Crippen molar-refractivity contribution >= 4 is 5.82 Å². The molecule has 3 rings (SSSR count). The maximum absolute atomic E-state index is 10.2. The van der Waals surface area contributed by atoms with Crippen LogP contribution in [0.5, 0.6) is 6.01 Å². The van der Waals surface area contributed by atoms with E-state index < -0.39 is 6.10 Å². The van der Waals surface area contributed by atoms with Crippen LogP contribution in [0.25, 0.3) is 0 Å². The average molecular weight is 276 g/mol. The third kappa shape index (κ3) is 2.29. The quantitative estimate of drug-likeness (QED) is 0.830. The van der Waals surface area contributed by atoms with Crippen molar-refractivity contribution in [3.05, 3.63) is 24.2 Å². The Balaban J connectivity index is 1.84. The zero-order valence-electron chi connectivity index (χ0n) is 11.3. The van der Waals surface area contributed by atoms with E-state index >= 15 is 0 Å². The molecule has 1 aliphatic rings. The predicted molar refractivity (Wildman–Crippen MR) is 70.6 cm³/mol. The van der Waals surface area contributed by atoms with Crippen LogP contribution in [-0.4, -0.2) is 56.4 Å². The Morgan fingerprint density at radius 3 is 2.90 bits per heavy atom. The number of hydrogen-bond donors (Lipinski definition) is 1. The highest BCUT2D eigenvalue weighted by Crippen LogP contribution is 2.26. The molecule has 106 valence electrons. The highest BCUT2D eigenvalue weighted by molar-refractivity contribution is 5.42. The second-order valence-corrected chi connectivity index (χ2v) is 4.78. The van der Waals surface area contributed by atoms with Gasteiger partial charge in [-0.05, 0) is 6.92 Å². The second-order valence-electron chi connectivity index (χ2n) is 4.78. The van der Waals surface area contributed by atoms with Crippen LogP contribution in [0.2, 0.25) is 0 Å². The summed E-state index contributed by atoms with van der Waals surface area (Å²) in [4.78, 5) is 10.5. The van der Waals surface area contributed by atoms with Crippen LogP contribution in [0.4, 0.5) is 5.82 Å². The largest absolute Gasteiger partial charge is 0.467 e. The summed E-state index contributed by atoms with van der Waals surface area (Å²) in [5, 5.41) is 17.9. The molecule has 0 aliphatic carbocycles. The highest BCUT2D eigenvalue weighted by atomic mass is 16.5. The van der Waals surface area contributed by atoms with Gasteiger partial charge in [0.25, 0.3) is 0 Å². The first kappa shape index (κ1) is 12.8. The molecule has 8 heteroatoms. The molecule has 1 N–H and O–H groups in total. The van der Waals surface area contributed by atoms with E-state index in [1.807, 2.05) is 17.9 Å². The Kier molecular flexibility index (Phi) is 3.23. The Bertz CT molecular complexity index is 588. The number of anilines is 1. The van der Waals surface area contributed by atoms with E-state index in [4.69, 9.17) is 4.74 Å². The summed E-state index contributed by atoms with van der Waals surface area (Å²) in [6.45, 7) is 2.99. The summed E-state index contributed by atoms with van der Waals surface area (Å²) in [6, 6.07) is 2.08. The van der Waals surface area contributed by atoms with Gasteiger partial charge in [0.15, 0.2) is 0 Å². The standard InChI is InChI=1S/C12H16N6O2/c1-8-5-11(15-12(14-8)20-2)17-6-9(10(19)7-17)18-4-3-13-16-18/h3-5,9-10,19H,6-7H2,1-2H3/t9-,10-/m1/s1. The molecular weight excluding hydrogens is 260 g/mol. The lowest BCUT2D eigenvalue weighted by Crippen LogP contribution is -2.22. The van der Waals surface area contributed by atoms with Gasteiger partial charge in [-0.2, -0.15) is 4.98 Å². The Hall–Kier alpha value is -2.22. The average Bonchev–Trinajstić information content (AvgIpc) is 3.06. The molecule has 0 unspecified atom stereocenters. The zero-order valence-corrected chi connectivity index (χ0v) is 11.3. The number of β-amino-alcohol motifs (C(OH)–C–C–N with tert-alkyl or cyclic N) is 1. The third-order valence-corrected chi connectivity index (χ3v) is 3.37. The van der Waals surface area contributed by atoms with Crippen LogP contribution in [0.15, 0.2) is 18.5 Å². The number of hydrogen-bond acceptors (Lipinski definition) is 7. The Morgan fingerprint density at radius 2 is 2.20 bits per heavy atom. The summed E-state index contributed by atoms with van der Waals surface area (Å²) in [7, 11) is 1.54. The minimum Gasteiger partial charge on any atom is -0.467 e. The fraction of sp³-hybridized carbons (Fsp3) is 0.500. The summed E-state index contributed by atoms with van der Waals surface area (Å²) in [5.74, 6) is 0.746. The van der Waals surface area contributed by atoms with Gasteiger partial charge >= 0.3 is 6.01 Å². The van der Waals surface area contributed by atoms with E-state index in [0.29, 0.717) is 19.1 Å². The first-order valence-electron chi connectivity index (χ1n) is 6.36. The molecule has 2 atom stereocenters. The number of ether oxygens (including phenoxy) is 1. The Labute approximate surface area is 116 Å². The minimum atomic E-state index is -0.516. The monoisotopic (exact) mass is 276 g/mol. The molecule has 8 nitrogen and oxygen atoms in total. The second kappa shape index (κ2) is 5.04. The lowest BCUT2D eigenvalue weighted by molar-refractivity contribution is 0.144. The van der Waals surface area contributed by atoms with Crippen LogP contribution in [0.1, 0.15) is 11.7 Å². The van der Waals surface area contributed by atoms with Gasteiger partial charge in [0.1, 0.15) is 5.82 Å². The fourth-order valence-electron chi connectivity index (χ4n) is 2.39. The molecule has 2 aromatic rings. The van der Waals surface area contributed by atoms with E-state index in [1.54, 1.807) is 17.1 Å². The van der Waals surface area contributed by atoms with Crippen molar-refractivity contribution in [2.24, 2.45) is 0 Å². The van der Waals surface area contributed by atoms with Gasteiger partial charge in [-0.3, -0.25) is 0 Å². The van der Waals surface area contributed by atoms with E-state index in [0.717, 1.165) is 11.5 Å². The normalized spacial score (nSPS) is 22.2. The number of aryl methyl sites for hydroxylation is 1. The van der Waals surface area contributed by atoms with Crippen LogP contribution < -0.4 is 9.64 Å². The van der Waals surface area contributed by atoms with Crippen molar-refractivity contribution in [1.82, 2.24) is 25.0 Å². The molecule has 1 fully saturated rings. The van der Waals surface area contributed by atoms with Crippen LogP contribution in [0, 0.1) is 6.92 Å². The summed E-state index contributed by atoms with van der Waals surface area (Å²) < 4.78 is 6.76. The van der Waals surface area contributed by atoms with Gasteiger partial charge in [0.05, 0.1) is 25.5 Å². The molecule has 0 radical (unpaired) electrons. The number of rotatable bonds is 3. The van der Waals surface area contributed by atoms with Crippen molar-refractivity contribution < 1.29 is 9.84 Å². The predicted octanol–water partition coefficient (Wildman–Crippen LogP) is -0.193. The SMILES string of the molecule is COc1nc(C)cc(N2C[C@@H](O)[C@H](n3ccnn3)C2)n1. The van der Waals surface area contributed by atoms with E-state index in [1.165, 1.54) is 7.11 Å². The van der Waals surface area contributed by atoms with Crippen molar-refractivity contribution in [1.29, 1.82) is 0 Å². The van der Waals surface area contributed by atoms with Gasteiger partial charge in [-0.25, -0.2) is 9.67 Å². The molecule has 3 heterocycles. The zero-order chi connectivity index (χ0) is 14.1. The highest BCUT2D eigenvalue weighted by Gasteiger charge is 2.34. The third-order valence-electron chi connectivity index (χ3n) is 3.37. The molecule has 1 saturated heterocycles. The maximum Gasteiger partial charge on any atom is 0.318 e. The van der Waals surface area contributed by atoms with Gasteiger partial charge < -0.3 is 14.7 Å². The fourth-order valence-corrected chi connectivity index (χ4v) is 2.39. The van der Waals surface area contributed by atoms with E-state index in [-0.39, 0.29) is 6.04 Å². The van der Waals surface area contributed by atoms with Crippen molar-refractivity contribution in [3.8, 4) is 6.01 Å². The van der Waals surface area contributed by atoms with Crippen LogP contribution >= 0.6 is 0 Å². The van der Waals surface area contributed by atoms with E-state index in [2.05, 4.69) is 20.3 Å². The maximum atomic E-state index is 10.2. The minimum absolute atomic E-state index is 0.126. The molecular formula is C12H16N6O2. The number of methoxy groups -OCH3 is 1. The number of nitrogens with zero attached hydrogens (tertiary/aromatic N) is 6. The molecule has 20 heavy (non-hydrogen) atoms. The molecule has 0 saturated carbocycles. The summed E-state index contributed by atoms with van der Waals surface area (Å²) >= 11 is 0. The van der Waals surface area contributed by atoms with Crippen molar-refractivity contribution in [2.45, 2.75) is 19.1 Å². The Morgan fingerprint density at radius 1 is 1.35 bits per heavy atom. The first-order valence-corrected chi connectivity index (χ1v) is 6.36. The van der Waals surface area contributed by atoms with Gasteiger partial charge in [0, 0.05) is 31.0 Å². The molecule has 0 aromatic carbocycles. The molecule has 0 amide bonds. The van der Waals surface area contributed by atoms with Crippen molar-refractivity contribution in [3.63, 3.8) is 0 Å². The summed E-state index contributed by atoms with van der Waals surface area (Å²) in [6.07, 6.45) is 2.84. The summed E-state index contributed by atoms with van der Waals surface area (Å²) in [5.41, 5.74) is 0.825. The molecule has 1 aliphatic heterocycles. The van der Waals surface area contributed by atoms with Crippen LogP contribution in [0.3, 0.4) is 0 Å². The van der Waals surface area contributed by atoms with E-state index in [9.17, 15) is 5.11 Å².